The number of sulfonamides is 1. The summed E-state index contributed by atoms with van der Waals surface area (Å²) in [5, 5.41) is 0. The van der Waals surface area contributed by atoms with Gasteiger partial charge in [-0.1, -0.05) is 6.42 Å². The molecule has 0 bridgehead atoms. The van der Waals surface area contributed by atoms with Crippen molar-refractivity contribution in [2.75, 3.05) is 13.1 Å². The van der Waals surface area contributed by atoms with E-state index in [1.54, 1.807) is 4.90 Å². The highest BCUT2D eigenvalue weighted by atomic mass is 32.2. The molecular weight excluding hydrogens is 343 g/mol. The molecule has 0 radical (unpaired) electrons. The van der Waals surface area contributed by atoms with Gasteiger partial charge >= 0.3 is 0 Å². The second kappa shape index (κ2) is 7.03. The zero-order valence-corrected chi connectivity index (χ0v) is 15.6. The van der Waals surface area contributed by atoms with Crippen LogP contribution in [0.2, 0.25) is 0 Å². The van der Waals surface area contributed by atoms with E-state index < -0.39 is 15.8 Å². The molecule has 1 aliphatic carbocycles. The van der Waals surface area contributed by atoms with E-state index in [2.05, 4.69) is 0 Å². The van der Waals surface area contributed by atoms with Crippen molar-refractivity contribution in [2.45, 2.75) is 62.9 Å². The molecule has 0 unspecified atom stereocenters. The maximum absolute atomic E-state index is 14.3. The Morgan fingerprint density at radius 3 is 2.40 bits per heavy atom. The summed E-state index contributed by atoms with van der Waals surface area (Å²) in [5.41, 5.74) is 0.234. The second-order valence-electron chi connectivity index (χ2n) is 7.15. The van der Waals surface area contributed by atoms with Crippen molar-refractivity contribution in [2.24, 2.45) is 0 Å². The van der Waals surface area contributed by atoms with Crippen molar-refractivity contribution in [3.8, 4) is 0 Å². The van der Waals surface area contributed by atoms with Crippen molar-refractivity contribution in [3.05, 3.63) is 29.6 Å². The number of carbonyl (C=O) groups is 1. The van der Waals surface area contributed by atoms with E-state index in [9.17, 15) is 17.6 Å². The molecule has 1 heterocycles. The van der Waals surface area contributed by atoms with Gasteiger partial charge in [0.1, 0.15) is 10.7 Å². The topological polar surface area (TPSA) is 57.7 Å². The van der Waals surface area contributed by atoms with Gasteiger partial charge < -0.3 is 4.90 Å². The summed E-state index contributed by atoms with van der Waals surface area (Å²) >= 11 is 0. The lowest BCUT2D eigenvalue weighted by atomic mass is 10.1. The standard InChI is InChI=1S/C18H25FN2O3S/c1-13(2)21(15-7-8-15)18(22)14-6-9-16(19)17(12-14)25(23,24)20-10-4-3-5-11-20/h6,9,12-13,15H,3-5,7-8,10-11H2,1-2H3. The van der Waals surface area contributed by atoms with Gasteiger partial charge in [-0.15, -0.1) is 0 Å². The monoisotopic (exact) mass is 368 g/mol. The first-order valence-electron chi connectivity index (χ1n) is 8.94. The summed E-state index contributed by atoms with van der Waals surface area (Å²) in [6, 6.07) is 3.91. The molecule has 7 heteroatoms. The van der Waals surface area contributed by atoms with Gasteiger partial charge in [0.15, 0.2) is 0 Å². The third-order valence-corrected chi connectivity index (χ3v) is 6.76. The lowest BCUT2D eigenvalue weighted by molar-refractivity contribution is 0.0690. The summed E-state index contributed by atoms with van der Waals surface area (Å²) in [6.45, 7) is 4.68. The smallest absolute Gasteiger partial charge is 0.254 e. The number of amides is 1. The lowest BCUT2D eigenvalue weighted by Gasteiger charge is -2.28. The number of hydrogen-bond acceptors (Lipinski definition) is 3. The Bertz CT molecular complexity index is 752. The van der Waals surface area contributed by atoms with Gasteiger partial charge in [-0.25, -0.2) is 12.8 Å². The molecule has 25 heavy (non-hydrogen) atoms. The highest BCUT2D eigenvalue weighted by molar-refractivity contribution is 7.89. The van der Waals surface area contributed by atoms with Crippen molar-refractivity contribution in [1.29, 1.82) is 0 Å². The summed E-state index contributed by atoms with van der Waals surface area (Å²) in [6.07, 6.45) is 4.47. The fourth-order valence-corrected chi connectivity index (χ4v) is 5.01. The molecule has 3 rings (SSSR count). The van der Waals surface area contributed by atoms with Crippen LogP contribution in [0.4, 0.5) is 4.39 Å². The van der Waals surface area contributed by atoms with Gasteiger partial charge in [0.05, 0.1) is 0 Å². The van der Waals surface area contributed by atoms with Crippen LogP contribution in [0.1, 0.15) is 56.3 Å². The summed E-state index contributed by atoms with van der Waals surface area (Å²) in [5.74, 6) is -1.03. The Morgan fingerprint density at radius 1 is 1.20 bits per heavy atom. The van der Waals surface area contributed by atoms with Crippen molar-refractivity contribution >= 4 is 15.9 Å². The van der Waals surface area contributed by atoms with Gasteiger partial charge in [0.25, 0.3) is 5.91 Å². The molecular formula is C18H25FN2O3S. The average molecular weight is 368 g/mol. The zero-order chi connectivity index (χ0) is 18.2. The van der Waals surface area contributed by atoms with E-state index in [0.717, 1.165) is 38.2 Å². The predicted octanol–water partition coefficient (Wildman–Crippen LogP) is 3.01. The molecule has 1 aromatic carbocycles. The molecule has 1 saturated carbocycles. The molecule has 5 nitrogen and oxygen atoms in total. The second-order valence-corrected chi connectivity index (χ2v) is 9.05. The largest absolute Gasteiger partial charge is 0.333 e. The van der Waals surface area contributed by atoms with Crippen LogP contribution in [0.25, 0.3) is 0 Å². The minimum Gasteiger partial charge on any atom is -0.333 e. The van der Waals surface area contributed by atoms with Crippen LogP contribution in [-0.2, 0) is 10.0 Å². The van der Waals surface area contributed by atoms with Crippen molar-refractivity contribution in [3.63, 3.8) is 0 Å². The molecule has 2 fully saturated rings. The highest BCUT2D eigenvalue weighted by Gasteiger charge is 2.36. The quantitative estimate of drug-likeness (QED) is 0.803. The molecule has 138 valence electrons. The molecule has 0 N–H and O–H groups in total. The maximum atomic E-state index is 14.3. The molecule has 1 saturated heterocycles. The molecule has 0 aromatic heterocycles. The number of carbonyl (C=O) groups excluding carboxylic acids is 1. The Labute approximate surface area is 148 Å². The van der Waals surface area contributed by atoms with E-state index in [4.69, 9.17) is 0 Å². The number of piperidine rings is 1. The first kappa shape index (κ1) is 18.3. The minimum atomic E-state index is -3.91. The van der Waals surface area contributed by atoms with Crippen LogP contribution in [0, 0.1) is 5.82 Å². The van der Waals surface area contributed by atoms with E-state index in [-0.39, 0.29) is 28.4 Å². The van der Waals surface area contributed by atoms with E-state index >= 15 is 0 Å². The molecule has 2 aliphatic rings. The van der Waals surface area contributed by atoms with Gasteiger partial charge in [-0.05, 0) is 57.7 Å². The van der Waals surface area contributed by atoms with Crippen molar-refractivity contribution in [1.82, 2.24) is 9.21 Å². The highest BCUT2D eigenvalue weighted by Crippen LogP contribution is 2.31. The van der Waals surface area contributed by atoms with Crippen molar-refractivity contribution < 1.29 is 17.6 Å². The Hall–Kier alpha value is -1.47. The third kappa shape index (κ3) is 3.72. The predicted molar refractivity (Wildman–Crippen MR) is 93.3 cm³/mol. The molecule has 0 spiro atoms. The molecule has 1 aromatic rings. The Morgan fingerprint density at radius 2 is 1.84 bits per heavy atom. The molecule has 1 aliphatic heterocycles. The third-order valence-electron chi connectivity index (χ3n) is 4.84. The minimum absolute atomic E-state index is 0.0206. The summed E-state index contributed by atoms with van der Waals surface area (Å²) in [7, 11) is -3.91. The Kier molecular flexibility index (Phi) is 5.16. The van der Waals surface area contributed by atoms with Gasteiger partial charge in [0.2, 0.25) is 10.0 Å². The number of rotatable bonds is 5. The fraction of sp³-hybridized carbons (Fsp3) is 0.611. The summed E-state index contributed by atoms with van der Waals surface area (Å²) < 4.78 is 41.2. The zero-order valence-electron chi connectivity index (χ0n) is 14.7. The first-order chi connectivity index (χ1) is 11.8. The SMILES string of the molecule is CC(C)N(C(=O)c1ccc(F)c(S(=O)(=O)N2CCCCC2)c1)C1CC1. The average Bonchev–Trinajstić information content (AvgIpc) is 3.40. The fourth-order valence-electron chi connectivity index (χ4n) is 3.40. The lowest BCUT2D eigenvalue weighted by Crippen LogP contribution is -2.39. The van der Waals surface area contributed by atoms with Crippen LogP contribution in [0.3, 0.4) is 0 Å². The number of hydrogen-bond donors (Lipinski definition) is 0. The normalized spacial score (nSPS) is 19.2. The molecule has 1 amide bonds. The van der Waals surface area contributed by atoms with Crippen LogP contribution in [0.15, 0.2) is 23.1 Å². The van der Waals surface area contributed by atoms with Gasteiger partial charge in [0, 0.05) is 30.7 Å². The number of halogens is 1. The van der Waals surface area contributed by atoms with Gasteiger partial charge in [-0.2, -0.15) is 4.31 Å². The van der Waals surface area contributed by atoms with Crippen LogP contribution in [0.5, 0.6) is 0 Å². The Balaban J connectivity index is 1.93. The van der Waals surface area contributed by atoms with E-state index in [1.807, 2.05) is 13.8 Å². The first-order valence-corrected chi connectivity index (χ1v) is 10.4. The van der Waals surface area contributed by atoms with Gasteiger partial charge in [-0.3, -0.25) is 4.79 Å². The van der Waals surface area contributed by atoms with E-state index in [0.29, 0.717) is 13.1 Å². The van der Waals surface area contributed by atoms with E-state index in [1.165, 1.54) is 16.4 Å². The summed E-state index contributed by atoms with van der Waals surface area (Å²) in [4.78, 5) is 14.2. The number of nitrogens with zero attached hydrogens (tertiary/aromatic N) is 2. The molecule has 0 atom stereocenters. The maximum Gasteiger partial charge on any atom is 0.254 e. The van der Waals surface area contributed by atoms with Crippen LogP contribution in [-0.4, -0.2) is 48.7 Å². The van der Waals surface area contributed by atoms with Crippen LogP contribution < -0.4 is 0 Å². The number of benzene rings is 1. The van der Waals surface area contributed by atoms with Crippen LogP contribution >= 0.6 is 0 Å².